The highest BCUT2D eigenvalue weighted by Crippen LogP contribution is 2.23. The smallest absolute Gasteiger partial charge is 0.284 e. The molecule has 0 unspecified atom stereocenters. The summed E-state index contributed by atoms with van der Waals surface area (Å²) in [5.74, 6) is 1.49. The molecule has 0 amide bonds. The van der Waals surface area contributed by atoms with Gasteiger partial charge in [-0.15, -0.1) is 0 Å². The molecule has 0 aliphatic rings. The van der Waals surface area contributed by atoms with E-state index < -0.39 is 5.97 Å². The van der Waals surface area contributed by atoms with Gasteiger partial charge in [-0.25, -0.2) is 0 Å². The van der Waals surface area contributed by atoms with Crippen LogP contribution in [0.2, 0.25) is 0 Å². The highest BCUT2D eigenvalue weighted by Gasteiger charge is 2.32. The molecule has 37 heavy (non-hydrogen) atoms. The third kappa shape index (κ3) is 25.9. The van der Waals surface area contributed by atoms with E-state index >= 15 is 0 Å². The molecule has 0 rings (SSSR count). The van der Waals surface area contributed by atoms with Gasteiger partial charge in [-0.3, -0.25) is 0 Å². The van der Waals surface area contributed by atoms with Gasteiger partial charge in [0.05, 0.1) is 19.8 Å². The van der Waals surface area contributed by atoms with E-state index in [0.717, 1.165) is 37.0 Å². The lowest BCUT2D eigenvalue weighted by Crippen LogP contribution is -2.42. The first-order valence-electron chi connectivity index (χ1n) is 16.4. The first kappa shape index (κ1) is 36.8. The molecule has 0 radical (unpaired) electrons. The maximum absolute atomic E-state index is 6.33. The van der Waals surface area contributed by atoms with Crippen molar-refractivity contribution in [2.75, 3.05) is 26.4 Å². The van der Waals surface area contributed by atoms with Crippen molar-refractivity contribution in [3.63, 3.8) is 0 Å². The average Bonchev–Trinajstić information content (AvgIpc) is 2.83. The Morgan fingerprint density at radius 3 is 0.973 bits per heavy atom. The van der Waals surface area contributed by atoms with Crippen molar-refractivity contribution in [2.24, 2.45) is 23.5 Å². The van der Waals surface area contributed by atoms with Crippen LogP contribution in [0, 0.1) is 17.8 Å². The molecular weight excluding hydrogens is 458 g/mol. The molecule has 224 valence electrons. The monoisotopic (exact) mass is 528 g/mol. The fourth-order valence-electron chi connectivity index (χ4n) is 4.76. The third-order valence-corrected chi connectivity index (χ3v) is 7.19. The molecule has 0 saturated carbocycles. The summed E-state index contributed by atoms with van der Waals surface area (Å²) in [6.07, 6.45) is 23.3. The lowest BCUT2D eigenvalue weighted by molar-refractivity contribution is -0.383. The van der Waals surface area contributed by atoms with E-state index in [0.29, 0.717) is 32.8 Å². The molecule has 4 heteroatoms. The Hall–Kier alpha value is -0.160. The second-order valence-corrected chi connectivity index (χ2v) is 12.6. The van der Waals surface area contributed by atoms with Crippen LogP contribution < -0.4 is 5.73 Å². The average molecular weight is 528 g/mol. The predicted molar refractivity (Wildman–Crippen MR) is 162 cm³/mol. The van der Waals surface area contributed by atoms with Gasteiger partial charge in [0.25, 0.3) is 5.97 Å². The van der Waals surface area contributed by atoms with Gasteiger partial charge in [0.2, 0.25) is 0 Å². The van der Waals surface area contributed by atoms with Crippen molar-refractivity contribution in [1.82, 2.24) is 0 Å². The Bertz CT molecular complexity index is 393. The molecule has 0 aromatic heterocycles. The standard InChI is InChI=1S/C33H69NO3/c1-30(2)22-16-10-7-13-19-27-35-33(25-26-34,36-28-20-14-8-11-17-23-31(3)4)37-29-21-15-9-12-18-24-32(5)6/h30-32H,7-29,34H2,1-6H3. The van der Waals surface area contributed by atoms with Gasteiger partial charge in [-0.1, -0.05) is 138 Å². The quantitative estimate of drug-likeness (QED) is 0.0776. The zero-order valence-electron chi connectivity index (χ0n) is 26.3. The van der Waals surface area contributed by atoms with Gasteiger partial charge in [0, 0.05) is 13.0 Å². The second kappa shape index (κ2) is 26.1. The molecular formula is C33H69NO3. The lowest BCUT2D eigenvalue weighted by Gasteiger charge is -2.33. The van der Waals surface area contributed by atoms with E-state index in [2.05, 4.69) is 41.5 Å². The molecule has 0 aliphatic carbocycles. The molecule has 2 N–H and O–H groups in total. The van der Waals surface area contributed by atoms with Crippen LogP contribution in [0.25, 0.3) is 0 Å². The van der Waals surface area contributed by atoms with Crippen molar-refractivity contribution in [2.45, 2.75) is 170 Å². The third-order valence-electron chi connectivity index (χ3n) is 7.19. The predicted octanol–water partition coefficient (Wildman–Crippen LogP) is 10.0. The van der Waals surface area contributed by atoms with Crippen LogP contribution in [0.3, 0.4) is 0 Å². The highest BCUT2D eigenvalue weighted by molar-refractivity contribution is 4.62. The van der Waals surface area contributed by atoms with Crippen LogP contribution in [-0.2, 0) is 14.2 Å². The topological polar surface area (TPSA) is 53.7 Å². The Kier molecular flexibility index (Phi) is 26.0. The first-order valence-corrected chi connectivity index (χ1v) is 16.4. The number of rotatable bonds is 29. The first-order chi connectivity index (χ1) is 17.8. The van der Waals surface area contributed by atoms with Crippen LogP contribution in [0.5, 0.6) is 0 Å². The van der Waals surface area contributed by atoms with E-state index in [1.165, 1.54) is 96.3 Å². The van der Waals surface area contributed by atoms with Crippen LogP contribution in [-0.4, -0.2) is 32.3 Å². The van der Waals surface area contributed by atoms with Gasteiger partial charge in [0.1, 0.15) is 0 Å². The molecule has 0 fully saturated rings. The van der Waals surface area contributed by atoms with Crippen molar-refractivity contribution >= 4 is 0 Å². The zero-order valence-corrected chi connectivity index (χ0v) is 26.3. The number of hydrogen-bond acceptors (Lipinski definition) is 4. The summed E-state index contributed by atoms with van der Waals surface area (Å²) >= 11 is 0. The summed E-state index contributed by atoms with van der Waals surface area (Å²) in [6, 6.07) is 0. The number of ether oxygens (including phenoxy) is 3. The minimum atomic E-state index is -0.957. The minimum absolute atomic E-state index is 0.513. The summed E-state index contributed by atoms with van der Waals surface area (Å²) in [7, 11) is 0. The summed E-state index contributed by atoms with van der Waals surface area (Å²) in [5.41, 5.74) is 6.00. The summed E-state index contributed by atoms with van der Waals surface area (Å²) in [6.45, 7) is 16.4. The molecule has 0 aromatic rings. The molecule has 4 nitrogen and oxygen atoms in total. The maximum Gasteiger partial charge on any atom is 0.284 e. The van der Waals surface area contributed by atoms with Gasteiger partial charge in [-0.05, 0) is 37.0 Å². The molecule has 0 saturated heterocycles. The Balaban J connectivity index is 4.43. The molecule has 0 bridgehead atoms. The van der Waals surface area contributed by atoms with E-state index in [4.69, 9.17) is 19.9 Å². The van der Waals surface area contributed by atoms with E-state index in [1.54, 1.807) is 0 Å². The summed E-state index contributed by atoms with van der Waals surface area (Å²) < 4.78 is 19.0. The molecule has 0 heterocycles. The lowest BCUT2D eigenvalue weighted by atomic mass is 10.0. The second-order valence-electron chi connectivity index (χ2n) is 12.6. The number of unbranched alkanes of at least 4 members (excludes halogenated alkanes) is 12. The largest absolute Gasteiger partial charge is 0.330 e. The Labute approximate surface area is 233 Å². The summed E-state index contributed by atoms with van der Waals surface area (Å²) in [5, 5.41) is 0. The maximum atomic E-state index is 6.33. The Morgan fingerprint density at radius 2 is 0.703 bits per heavy atom. The molecule has 0 aromatic carbocycles. The van der Waals surface area contributed by atoms with Gasteiger partial charge >= 0.3 is 0 Å². The SMILES string of the molecule is CC(C)CCCCCCCOC(CCN)(OCCCCCCCC(C)C)OCCCCCCCC(C)C. The van der Waals surface area contributed by atoms with Gasteiger partial charge < -0.3 is 19.9 Å². The van der Waals surface area contributed by atoms with Crippen molar-refractivity contribution in [3.05, 3.63) is 0 Å². The normalized spacial score (nSPS) is 12.5. The summed E-state index contributed by atoms with van der Waals surface area (Å²) in [4.78, 5) is 0. The van der Waals surface area contributed by atoms with Crippen LogP contribution >= 0.6 is 0 Å². The zero-order chi connectivity index (χ0) is 27.6. The Morgan fingerprint density at radius 1 is 0.432 bits per heavy atom. The van der Waals surface area contributed by atoms with Crippen molar-refractivity contribution in [3.8, 4) is 0 Å². The number of nitrogens with two attached hydrogens (primary N) is 1. The van der Waals surface area contributed by atoms with Crippen LogP contribution in [0.15, 0.2) is 0 Å². The molecule has 0 spiro atoms. The molecule has 0 aliphatic heterocycles. The van der Waals surface area contributed by atoms with E-state index in [9.17, 15) is 0 Å². The van der Waals surface area contributed by atoms with Crippen LogP contribution in [0.4, 0.5) is 0 Å². The van der Waals surface area contributed by atoms with Gasteiger partial charge in [-0.2, -0.15) is 0 Å². The number of hydrogen-bond donors (Lipinski definition) is 1. The fraction of sp³-hybridized carbons (Fsp3) is 1.00. The van der Waals surface area contributed by atoms with E-state index in [1.807, 2.05) is 0 Å². The molecule has 0 atom stereocenters. The minimum Gasteiger partial charge on any atom is -0.330 e. The van der Waals surface area contributed by atoms with Crippen LogP contribution in [0.1, 0.15) is 164 Å². The van der Waals surface area contributed by atoms with E-state index in [-0.39, 0.29) is 0 Å². The highest BCUT2D eigenvalue weighted by atomic mass is 16.9. The fourth-order valence-corrected chi connectivity index (χ4v) is 4.76. The van der Waals surface area contributed by atoms with Crippen molar-refractivity contribution < 1.29 is 14.2 Å². The van der Waals surface area contributed by atoms with Gasteiger partial charge in [0.15, 0.2) is 0 Å². The van der Waals surface area contributed by atoms with Crippen molar-refractivity contribution in [1.29, 1.82) is 0 Å².